The molecular weight excluding hydrogens is 465 g/mol. The maximum atomic E-state index is 13.4. The molecule has 2 aromatic rings. The number of nitrogens with zero attached hydrogens (tertiary/aromatic N) is 2. The molecule has 0 amide bonds. The van der Waals surface area contributed by atoms with Crippen molar-refractivity contribution in [1.29, 1.82) is 0 Å². The molecule has 0 radical (unpaired) electrons. The third kappa shape index (κ3) is 6.08. The highest BCUT2D eigenvalue weighted by Gasteiger charge is 2.23. The molecule has 1 unspecified atom stereocenters. The number of hydrogen-bond donors (Lipinski definition) is 2. The Morgan fingerprint density at radius 1 is 1.26 bits per heavy atom. The number of halogens is 3. The lowest BCUT2D eigenvalue weighted by Gasteiger charge is -2.19. The number of benzene rings is 1. The molecule has 1 aromatic heterocycles. The van der Waals surface area contributed by atoms with Gasteiger partial charge in [-0.25, -0.2) is 8.78 Å². The molecule has 2 N–H and O–H groups in total. The number of guanidine groups is 1. The van der Waals surface area contributed by atoms with Gasteiger partial charge in [-0.1, -0.05) is 0 Å². The van der Waals surface area contributed by atoms with Gasteiger partial charge in [-0.3, -0.25) is 4.99 Å². The summed E-state index contributed by atoms with van der Waals surface area (Å²) in [6.07, 6.45) is 3.46. The Labute approximate surface area is 175 Å². The first kappa shape index (κ1) is 21.5. The summed E-state index contributed by atoms with van der Waals surface area (Å²) < 4.78 is 31.8. The maximum absolute atomic E-state index is 13.4. The van der Waals surface area contributed by atoms with E-state index in [0.29, 0.717) is 5.92 Å². The number of rotatable bonds is 6. The van der Waals surface area contributed by atoms with Gasteiger partial charge in [-0.05, 0) is 36.6 Å². The van der Waals surface area contributed by atoms with Gasteiger partial charge < -0.3 is 20.0 Å². The van der Waals surface area contributed by atoms with Gasteiger partial charge in [0.25, 0.3) is 0 Å². The van der Waals surface area contributed by atoms with Crippen LogP contribution in [0.2, 0.25) is 0 Å². The van der Waals surface area contributed by atoms with Crippen molar-refractivity contribution in [3.63, 3.8) is 0 Å². The van der Waals surface area contributed by atoms with Crippen molar-refractivity contribution in [2.75, 3.05) is 38.1 Å². The topological polar surface area (TPSA) is 52.8 Å². The van der Waals surface area contributed by atoms with Crippen LogP contribution in [0.25, 0.3) is 0 Å². The van der Waals surface area contributed by atoms with Gasteiger partial charge in [0.2, 0.25) is 0 Å². The van der Waals surface area contributed by atoms with Crippen LogP contribution in [0.4, 0.5) is 14.5 Å². The number of aliphatic imine (C=N–C) groups is 1. The Kier molecular flexibility index (Phi) is 8.33. The molecule has 8 heteroatoms. The van der Waals surface area contributed by atoms with Crippen molar-refractivity contribution in [2.45, 2.75) is 12.8 Å². The zero-order chi connectivity index (χ0) is 18.4. The van der Waals surface area contributed by atoms with Gasteiger partial charge in [0, 0.05) is 51.4 Å². The normalized spacial score (nSPS) is 16.9. The summed E-state index contributed by atoms with van der Waals surface area (Å²) in [5, 5.41) is 6.59. The number of anilines is 1. The fraction of sp³-hybridized carbons (Fsp3) is 0.421. The first-order valence-electron chi connectivity index (χ1n) is 8.82. The van der Waals surface area contributed by atoms with E-state index in [-0.39, 0.29) is 24.0 Å². The molecule has 1 atom stereocenters. The molecule has 0 bridgehead atoms. The summed E-state index contributed by atoms with van der Waals surface area (Å²) in [6.45, 7) is 3.16. The largest absolute Gasteiger partial charge is 0.469 e. The first-order valence-corrected chi connectivity index (χ1v) is 8.82. The smallest absolute Gasteiger partial charge is 0.191 e. The molecule has 1 fully saturated rings. The van der Waals surface area contributed by atoms with Crippen LogP contribution in [0.1, 0.15) is 12.2 Å². The van der Waals surface area contributed by atoms with Crippen LogP contribution in [-0.2, 0) is 6.42 Å². The summed E-state index contributed by atoms with van der Waals surface area (Å²) in [5.74, 6) is 0.501. The van der Waals surface area contributed by atoms with E-state index in [1.165, 1.54) is 12.1 Å². The predicted octanol–water partition coefficient (Wildman–Crippen LogP) is 3.41. The quantitative estimate of drug-likeness (QED) is 0.371. The van der Waals surface area contributed by atoms with Gasteiger partial charge in [-0.2, -0.15) is 0 Å². The lowest BCUT2D eigenvalue weighted by atomic mass is 10.1. The minimum absolute atomic E-state index is 0. The van der Waals surface area contributed by atoms with Gasteiger partial charge >= 0.3 is 0 Å². The van der Waals surface area contributed by atoms with E-state index in [2.05, 4.69) is 20.5 Å². The fourth-order valence-electron chi connectivity index (χ4n) is 3.14. The summed E-state index contributed by atoms with van der Waals surface area (Å²) in [7, 11) is 1.74. The minimum Gasteiger partial charge on any atom is -0.469 e. The second-order valence-electron chi connectivity index (χ2n) is 6.41. The molecule has 27 heavy (non-hydrogen) atoms. The van der Waals surface area contributed by atoms with E-state index in [1.54, 1.807) is 19.4 Å². The highest BCUT2D eigenvalue weighted by Crippen LogP contribution is 2.24. The Morgan fingerprint density at radius 3 is 2.81 bits per heavy atom. The van der Waals surface area contributed by atoms with Crippen LogP contribution >= 0.6 is 24.0 Å². The van der Waals surface area contributed by atoms with E-state index >= 15 is 0 Å². The lowest BCUT2D eigenvalue weighted by Crippen LogP contribution is -2.41. The molecule has 0 aliphatic carbocycles. The van der Waals surface area contributed by atoms with Crippen LogP contribution in [0.15, 0.2) is 46.0 Å². The molecule has 1 aliphatic heterocycles. The van der Waals surface area contributed by atoms with E-state index in [9.17, 15) is 8.78 Å². The zero-order valence-electron chi connectivity index (χ0n) is 15.3. The average molecular weight is 490 g/mol. The SMILES string of the molecule is CN=C(NCCc1ccco1)NCC1CCN(c2ccc(F)c(F)c2)C1.I. The Balaban J connectivity index is 0.00000261. The summed E-state index contributed by atoms with van der Waals surface area (Å²) in [5.41, 5.74) is 0.729. The summed E-state index contributed by atoms with van der Waals surface area (Å²) in [4.78, 5) is 6.31. The van der Waals surface area contributed by atoms with Crippen molar-refractivity contribution in [1.82, 2.24) is 10.6 Å². The van der Waals surface area contributed by atoms with E-state index < -0.39 is 11.6 Å². The van der Waals surface area contributed by atoms with E-state index in [0.717, 1.165) is 56.4 Å². The van der Waals surface area contributed by atoms with Gasteiger partial charge in [0.05, 0.1) is 6.26 Å². The van der Waals surface area contributed by atoms with E-state index in [1.807, 2.05) is 12.1 Å². The third-order valence-electron chi connectivity index (χ3n) is 4.58. The Bertz CT molecular complexity index is 739. The zero-order valence-corrected chi connectivity index (χ0v) is 17.6. The second kappa shape index (κ2) is 10.5. The monoisotopic (exact) mass is 490 g/mol. The highest BCUT2D eigenvalue weighted by atomic mass is 127. The Morgan fingerprint density at radius 2 is 2.11 bits per heavy atom. The predicted molar refractivity (Wildman–Crippen MR) is 114 cm³/mol. The van der Waals surface area contributed by atoms with Crippen molar-refractivity contribution >= 4 is 35.6 Å². The molecule has 5 nitrogen and oxygen atoms in total. The fourth-order valence-corrected chi connectivity index (χ4v) is 3.14. The number of furan rings is 1. The van der Waals surface area contributed by atoms with Crippen LogP contribution in [0, 0.1) is 17.6 Å². The van der Waals surface area contributed by atoms with Crippen molar-refractivity contribution in [3.8, 4) is 0 Å². The van der Waals surface area contributed by atoms with Gasteiger partial charge in [0.15, 0.2) is 17.6 Å². The van der Waals surface area contributed by atoms with E-state index in [4.69, 9.17) is 4.42 Å². The van der Waals surface area contributed by atoms with Crippen LogP contribution in [0.5, 0.6) is 0 Å². The van der Waals surface area contributed by atoms with Crippen LogP contribution in [-0.4, -0.2) is 39.2 Å². The number of nitrogens with one attached hydrogen (secondary N) is 2. The Hall–Kier alpha value is -1.84. The van der Waals surface area contributed by atoms with Crippen LogP contribution < -0.4 is 15.5 Å². The molecule has 2 heterocycles. The molecule has 1 aromatic carbocycles. The average Bonchev–Trinajstić information content (AvgIpc) is 3.32. The van der Waals surface area contributed by atoms with Crippen molar-refractivity contribution < 1.29 is 13.2 Å². The first-order chi connectivity index (χ1) is 12.7. The second-order valence-corrected chi connectivity index (χ2v) is 6.41. The highest BCUT2D eigenvalue weighted by molar-refractivity contribution is 14.0. The van der Waals surface area contributed by atoms with Gasteiger partial charge in [-0.15, -0.1) is 24.0 Å². The number of hydrogen-bond acceptors (Lipinski definition) is 3. The molecule has 0 saturated carbocycles. The molecule has 1 aliphatic rings. The molecule has 1 saturated heterocycles. The summed E-state index contributed by atoms with van der Waals surface area (Å²) >= 11 is 0. The van der Waals surface area contributed by atoms with Crippen molar-refractivity contribution in [2.24, 2.45) is 10.9 Å². The molecule has 148 valence electrons. The molecule has 3 rings (SSSR count). The van der Waals surface area contributed by atoms with Crippen molar-refractivity contribution in [3.05, 3.63) is 54.0 Å². The van der Waals surface area contributed by atoms with Gasteiger partial charge in [0.1, 0.15) is 5.76 Å². The maximum Gasteiger partial charge on any atom is 0.191 e. The third-order valence-corrected chi connectivity index (χ3v) is 4.58. The lowest BCUT2D eigenvalue weighted by molar-refractivity contribution is 0.506. The minimum atomic E-state index is -0.810. The molecule has 0 spiro atoms. The van der Waals surface area contributed by atoms with Crippen LogP contribution in [0.3, 0.4) is 0 Å². The summed E-state index contributed by atoms with van der Waals surface area (Å²) in [6, 6.07) is 7.90. The molecular formula is C19H25F2IN4O. The standard InChI is InChI=1S/C19H24F2N4O.HI/c1-22-19(23-8-6-16-3-2-10-26-16)24-12-14-7-9-25(13-14)15-4-5-17(20)18(21)11-15;/h2-5,10-11,14H,6-9,12-13H2,1H3,(H2,22,23,24);1H.